The standard InChI is InChI=1S/C9H9N3O/c10-9(13)12-8-3-1-2-7-6(8)4-5-11-7/h1-5,11H,(H3,10,12,13). The number of hydrogen-bond acceptors (Lipinski definition) is 1. The molecule has 0 aliphatic rings. The van der Waals surface area contributed by atoms with Gasteiger partial charge in [-0.2, -0.15) is 0 Å². The van der Waals surface area contributed by atoms with Crippen LogP contribution in [-0.4, -0.2) is 11.0 Å². The summed E-state index contributed by atoms with van der Waals surface area (Å²) >= 11 is 0. The lowest BCUT2D eigenvalue weighted by Crippen LogP contribution is -2.19. The summed E-state index contributed by atoms with van der Waals surface area (Å²) in [5, 5.41) is 3.51. The van der Waals surface area contributed by atoms with Crippen molar-refractivity contribution in [3.8, 4) is 0 Å². The SMILES string of the molecule is NC(=O)Nc1cccc2[nH]ccc12. The van der Waals surface area contributed by atoms with Crippen LogP contribution in [-0.2, 0) is 0 Å². The van der Waals surface area contributed by atoms with Crippen LogP contribution in [0.15, 0.2) is 30.5 Å². The Kier molecular flexibility index (Phi) is 1.66. The molecule has 0 unspecified atom stereocenters. The third kappa shape index (κ3) is 1.33. The van der Waals surface area contributed by atoms with E-state index in [2.05, 4.69) is 10.3 Å². The van der Waals surface area contributed by atoms with E-state index >= 15 is 0 Å². The number of fused-ring (bicyclic) bond motifs is 1. The van der Waals surface area contributed by atoms with E-state index in [0.29, 0.717) is 0 Å². The molecule has 2 amide bonds. The number of hydrogen-bond donors (Lipinski definition) is 3. The lowest BCUT2D eigenvalue weighted by molar-refractivity contribution is 0.259. The van der Waals surface area contributed by atoms with Crippen LogP contribution in [0.3, 0.4) is 0 Å². The Morgan fingerprint density at radius 2 is 2.23 bits per heavy atom. The van der Waals surface area contributed by atoms with Gasteiger partial charge >= 0.3 is 6.03 Å². The fourth-order valence-electron chi connectivity index (χ4n) is 1.33. The van der Waals surface area contributed by atoms with E-state index in [1.165, 1.54) is 0 Å². The van der Waals surface area contributed by atoms with E-state index in [-0.39, 0.29) is 0 Å². The predicted molar refractivity (Wildman–Crippen MR) is 51.5 cm³/mol. The molecule has 2 rings (SSSR count). The molecule has 0 aliphatic heterocycles. The van der Waals surface area contributed by atoms with Gasteiger partial charge in [0.25, 0.3) is 0 Å². The van der Waals surface area contributed by atoms with Gasteiger partial charge in [-0.25, -0.2) is 4.79 Å². The molecule has 0 saturated heterocycles. The van der Waals surface area contributed by atoms with E-state index < -0.39 is 6.03 Å². The van der Waals surface area contributed by atoms with Crippen molar-refractivity contribution in [1.82, 2.24) is 4.98 Å². The number of nitrogens with one attached hydrogen (secondary N) is 2. The minimum Gasteiger partial charge on any atom is -0.361 e. The molecular weight excluding hydrogens is 166 g/mol. The van der Waals surface area contributed by atoms with Gasteiger partial charge in [0, 0.05) is 17.1 Å². The normalized spacial score (nSPS) is 10.2. The second-order valence-corrected chi connectivity index (χ2v) is 2.73. The number of rotatable bonds is 1. The Bertz CT molecular complexity index is 447. The topological polar surface area (TPSA) is 70.9 Å². The Morgan fingerprint density at radius 3 is 3.00 bits per heavy atom. The zero-order valence-electron chi connectivity index (χ0n) is 6.87. The van der Waals surface area contributed by atoms with Gasteiger partial charge in [0.1, 0.15) is 0 Å². The van der Waals surface area contributed by atoms with Crippen molar-refractivity contribution in [2.24, 2.45) is 5.73 Å². The van der Waals surface area contributed by atoms with Gasteiger partial charge in [-0.3, -0.25) is 0 Å². The Balaban J connectivity index is 2.54. The molecule has 0 atom stereocenters. The average molecular weight is 175 g/mol. The zero-order valence-corrected chi connectivity index (χ0v) is 6.87. The molecule has 0 saturated carbocycles. The molecule has 0 bridgehead atoms. The van der Waals surface area contributed by atoms with E-state index in [1.54, 1.807) is 6.07 Å². The van der Waals surface area contributed by atoms with E-state index in [1.807, 2.05) is 24.4 Å². The van der Waals surface area contributed by atoms with Gasteiger partial charge in [-0.15, -0.1) is 0 Å². The lowest BCUT2D eigenvalue weighted by atomic mass is 10.2. The quantitative estimate of drug-likeness (QED) is 0.606. The van der Waals surface area contributed by atoms with Crippen LogP contribution in [0.25, 0.3) is 10.9 Å². The first-order valence-corrected chi connectivity index (χ1v) is 3.90. The number of urea groups is 1. The number of aromatic amines is 1. The highest BCUT2D eigenvalue weighted by atomic mass is 16.2. The van der Waals surface area contributed by atoms with Gasteiger partial charge in [0.15, 0.2) is 0 Å². The van der Waals surface area contributed by atoms with Crippen molar-refractivity contribution in [2.75, 3.05) is 5.32 Å². The first-order chi connectivity index (χ1) is 6.27. The van der Waals surface area contributed by atoms with Gasteiger partial charge in [0.05, 0.1) is 5.69 Å². The van der Waals surface area contributed by atoms with Crippen LogP contribution >= 0.6 is 0 Å². The number of anilines is 1. The molecule has 1 aromatic heterocycles. The van der Waals surface area contributed by atoms with Crippen LogP contribution in [0.5, 0.6) is 0 Å². The van der Waals surface area contributed by atoms with Crippen LogP contribution in [0, 0.1) is 0 Å². The monoisotopic (exact) mass is 175 g/mol. The van der Waals surface area contributed by atoms with Crippen molar-refractivity contribution >= 4 is 22.6 Å². The van der Waals surface area contributed by atoms with Crippen molar-refractivity contribution < 1.29 is 4.79 Å². The zero-order chi connectivity index (χ0) is 9.26. The van der Waals surface area contributed by atoms with E-state index in [0.717, 1.165) is 16.6 Å². The maximum absolute atomic E-state index is 10.6. The minimum atomic E-state index is -0.547. The number of H-pyrrole nitrogens is 1. The molecule has 4 N–H and O–H groups in total. The summed E-state index contributed by atoms with van der Waals surface area (Å²) in [6.07, 6.45) is 1.82. The van der Waals surface area contributed by atoms with Crippen molar-refractivity contribution in [3.63, 3.8) is 0 Å². The molecule has 2 aromatic rings. The number of nitrogens with two attached hydrogens (primary N) is 1. The van der Waals surface area contributed by atoms with Crippen LogP contribution in [0.1, 0.15) is 0 Å². The fraction of sp³-hybridized carbons (Fsp3) is 0. The van der Waals surface area contributed by atoms with E-state index in [4.69, 9.17) is 5.73 Å². The summed E-state index contributed by atoms with van der Waals surface area (Å²) in [4.78, 5) is 13.7. The summed E-state index contributed by atoms with van der Waals surface area (Å²) < 4.78 is 0. The molecule has 0 spiro atoms. The molecular formula is C9H9N3O. The van der Waals surface area contributed by atoms with E-state index in [9.17, 15) is 4.79 Å². The Hall–Kier alpha value is -1.97. The molecule has 0 aliphatic carbocycles. The highest BCUT2D eigenvalue weighted by Gasteiger charge is 2.01. The van der Waals surface area contributed by atoms with Gasteiger partial charge in [-0.05, 0) is 18.2 Å². The van der Waals surface area contributed by atoms with Gasteiger partial charge < -0.3 is 16.0 Å². The van der Waals surface area contributed by atoms with Crippen molar-refractivity contribution in [3.05, 3.63) is 30.5 Å². The average Bonchev–Trinajstić information content (AvgIpc) is 2.51. The molecule has 4 heteroatoms. The fourth-order valence-corrected chi connectivity index (χ4v) is 1.33. The first kappa shape index (κ1) is 7.67. The minimum absolute atomic E-state index is 0.547. The Labute approximate surface area is 74.7 Å². The largest absolute Gasteiger partial charge is 0.361 e. The summed E-state index contributed by atoms with van der Waals surface area (Å²) in [5.41, 5.74) is 6.73. The highest BCUT2D eigenvalue weighted by molar-refractivity contribution is 6.00. The molecule has 0 fully saturated rings. The van der Waals surface area contributed by atoms with Gasteiger partial charge in [-0.1, -0.05) is 6.07 Å². The molecule has 1 aromatic carbocycles. The first-order valence-electron chi connectivity index (χ1n) is 3.90. The van der Waals surface area contributed by atoms with Crippen LogP contribution < -0.4 is 11.1 Å². The second-order valence-electron chi connectivity index (χ2n) is 2.73. The maximum Gasteiger partial charge on any atom is 0.316 e. The molecule has 4 nitrogen and oxygen atoms in total. The number of primary amides is 1. The molecule has 0 radical (unpaired) electrons. The van der Waals surface area contributed by atoms with Gasteiger partial charge in [0.2, 0.25) is 0 Å². The number of amides is 2. The molecule has 1 heterocycles. The number of benzene rings is 1. The number of aromatic nitrogens is 1. The summed E-state index contributed by atoms with van der Waals surface area (Å²) in [7, 11) is 0. The maximum atomic E-state index is 10.6. The van der Waals surface area contributed by atoms with Crippen LogP contribution in [0.4, 0.5) is 10.5 Å². The lowest BCUT2D eigenvalue weighted by Gasteiger charge is -2.02. The predicted octanol–water partition coefficient (Wildman–Crippen LogP) is 1.66. The third-order valence-corrected chi connectivity index (χ3v) is 1.85. The summed E-state index contributed by atoms with van der Waals surface area (Å²) in [6, 6.07) is 6.93. The van der Waals surface area contributed by atoms with Crippen molar-refractivity contribution in [1.29, 1.82) is 0 Å². The highest BCUT2D eigenvalue weighted by Crippen LogP contribution is 2.21. The number of carbonyl (C=O) groups is 1. The Morgan fingerprint density at radius 1 is 1.38 bits per heavy atom. The van der Waals surface area contributed by atoms with Crippen molar-refractivity contribution in [2.45, 2.75) is 0 Å². The molecule has 13 heavy (non-hydrogen) atoms. The third-order valence-electron chi connectivity index (χ3n) is 1.85. The number of carbonyl (C=O) groups excluding carboxylic acids is 1. The van der Waals surface area contributed by atoms with Crippen LogP contribution in [0.2, 0.25) is 0 Å². The summed E-state index contributed by atoms with van der Waals surface area (Å²) in [6.45, 7) is 0. The molecule has 66 valence electrons. The summed E-state index contributed by atoms with van der Waals surface area (Å²) in [5.74, 6) is 0. The smallest absolute Gasteiger partial charge is 0.316 e. The second kappa shape index (κ2) is 2.82.